The lowest BCUT2D eigenvalue weighted by Crippen LogP contribution is -2.11. The van der Waals surface area contributed by atoms with Gasteiger partial charge in [0.2, 0.25) is 5.13 Å². The molecule has 20 heavy (non-hydrogen) atoms. The molecule has 100 valence electrons. The average Bonchev–Trinajstić information content (AvgIpc) is 3.11. The van der Waals surface area contributed by atoms with Crippen molar-refractivity contribution >= 4 is 43.7 Å². The third-order valence-corrected chi connectivity index (χ3v) is 5.38. The van der Waals surface area contributed by atoms with Crippen molar-refractivity contribution in [1.29, 1.82) is 0 Å². The van der Waals surface area contributed by atoms with Crippen molar-refractivity contribution in [1.82, 2.24) is 4.98 Å². The summed E-state index contributed by atoms with van der Waals surface area (Å²) in [7, 11) is 0. The minimum Gasteiger partial charge on any atom is -0.252 e. The molecule has 0 atom stereocenters. The molecule has 2 heterocycles. The van der Waals surface area contributed by atoms with Crippen LogP contribution in [0.1, 0.15) is 23.3 Å². The molecule has 0 amide bonds. The van der Waals surface area contributed by atoms with Crippen LogP contribution >= 0.6 is 22.7 Å². The molecule has 5 heteroatoms. The zero-order valence-corrected chi connectivity index (χ0v) is 12.4. The van der Waals surface area contributed by atoms with Crippen molar-refractivity contribution < 1.29 is 0 Å². The molecule has 0 radical (unpaired) electrons. The minimum atomic E-state index is 0.862. The number of nitrogens with one attached hydrogen (secondary N) is 1. The van der Waals surface area contributed by atoms with E-state index in [1.165, 1.54) is 28.0 Å². The van der Waals surface area contributed by atoms with Crippen LogP contribution in [0.15, 0.2) is 40.8 Å². The Morgan fingerprint density at radius 1 is 1.15 bits per heavy atom. The summed E-state index contributed by atoms with van der Waals surface area (Å²) in [5.74, 6) is 0. The number of aromatic nitrogens is 1. The molecular weight excluding hydrogens is 286 g/mol. The molecule has 0 spiro atoms. The molecule has 0 unspecified atom stereocenters. The van der Waals surface area contributed by atoms with Crippen molar-refractivity contribution in [3.05, 3.63) is 46.2 Å². The van der Waals surface area contributed by atoms with Crippen LogP contribution in [0.25, 0.3) is 10.2 Å². The van der Waals surface area contributed by atoms with Gasteiger partial charge in [0.05, 0.1) is 15.9 Å². The summed E-state index contributed by atoms with van der Waals surface area (Å²) >= 11 is 3.48. The van der Waals surface area contributed by atoms with E-state index in [1.807, 2.05) is 29.5 Å². The molecule has 3 aromatic rings. The number of thiophene rings is 1. The molecule has 1 N–H and O–H groups in total. The van der Waals surface area contributed by atoms with Crippen molar-refractivity contribution in [2.45, 2.75) is 19.3 Å². The van der Waals surface area contributed by atoms with Crippen LogP contribution in [0.2, 0.25) is 0 Å². The monoisotopic (exact) mass is 299 g/mol. The van der Waals surface area contributed by atoms with E-state index < -0.39 is 0 Å². The van der Waals surface area contributed by atoms with Crippen molar-refractivity contribution in [2.75, 3.05) is 5.43 Å². The second-order valence-electron chi connectivity index (χ2n) is 4.77. The third kappa shape index (κ3) is 2.13. The molecule has 1 aliphatic carbocycles. The Morgan fingerprint density at radius 3 is 3.05 bits per heavy atom. The third-order valence-electron chi connectivity index (χ3n) is 3.45. The van der Waals surface area contributed by atoms with E-state index in [0.717, 1.165) is 22.8 Å². The summed E-state index contributed by atoms with van der Waals surface area (Å²) in [6, 6.07) is 10.3. The Bertz CT molecular complexity index is 752. The van der Waals surface area contributed by atoms with Gasteiger partial charge < -0.3 is 0 Å². The normalized spacial score (nSPS) is 16.5. The number of hydrazone groups is 1. The summed E-state index contributed by atoms with van der Waals surface area (Å²) in [5, 5.41) is 7.60. The van der Waals surface area contributed by atoms with Gasteiger partial charge in [-0.1, -0.05) is 23.5 Å². The first-order valence-electron chi connectivity index (χ1n) is 6.65. The van der Waals surface area contributed by atoms with Crippen molar-refractivity contribution in [2.24, 2.45) is 5.10 Å². The van der Waals surface area contributed by atoms with Crippen molar-refractivity contribution in [3.63, 3.8) is 0 Å². The van der Waals surface area contributed by atoms with Crippen LogP contribution in [-0.2, 0) is 6.42 Å². The van der Waals surface area contributed by atoms with Gasteiger partial charge in [0.25, 0.3) is 0 Å². The fraction of sp³-hybridized carbons (Fsp3) is 0.200. The van der Waals surface area contributed by atoms with Gasteiger partial charge in [0, 0.05) is 10.4 Å². The van der Waals surface area contributed by atoms with Gasteiger partial charge in [0.15, 0.2) is 0 Å². The number of benzene rings is 1. The maximum absolute atomic E-state index is 4.58. The predicted molar refractivity (Wildman–Crippen MR) is 87.0 cm³/mol. The van der Waals surface area contributed by atoms with Crippen LogP contribution in [-0.4, -0.2) is 10.7 Å². The second kappa shape index (κ2) is 5.00. The lowest BCUT2D eigenvalue weighted by Gasteiger charge is -2.13. The number of nitrogens with zero attached hydrogens (tertiary/aromatic N) is 2. The standard InChI is InChI=1S/C15H13N3S2/c1-2-6-14-12(4-1)16-15(20-14)18-17-11-5-3-7-13-10(11)8-9-19-13/h1-2,4,6,8-9H,3,5,7H2,(H,16,18)/b17-11-. The van der Waals surface area contributed by atoms with Gasteiger partial charge in [-0.15, -0.1) is 11.3 Å². The van der Waals surface area contributed by atoms with Gasteiger partial charge in [-0.25, -0.2) is 4.98 Å². The maximum Gasteiger partial charge on any atom is 0.204 e. The SMILES string of the molecule is c1ccc2sc(N/N=C3/CCCc4sccc43)nc2c1. The predicted octanol–water partition coefficient (Wildman–Crippen LogP) is 4.51. The first-order valence-corrected chi connectivity index (χ1v) is 8.35. The molecule has 1 aliphatic rings. The Kier molecular flexibility index (Phi) is 3.01. The summed E-state index contributed by atoms with van der Waals surface area (Å²) < 4.78 is 1.19. The van der Waals surface area contributed by atoms with Crippen LogP contribution in [0.4, 0.5) is 5.13 Å². The summed E-state index contributed by atoms with van der Waals surface area (Å²) in [5.41, 5.74) is 6.64. The Hall–Kier alpha value is -1.72. The zero-order valence-electron chi connectivity index (χ0n) is 10.8. The number of rotatable bonds is 2. The lowest BCUT2D eigenvalue weighted by atomic mass is 9.97. The number of para-hydroxylation sites is 1. The number of fused-ring (bicyclic) bond motifs is 2. The number of hydrogen-bond acceptors (Lipinski definition) is 5. The summed E-state index contributed by atoms with van der Waals surface area (Å²) in [6.45, 7) is 0. The summed E-state index contributed by atoms with van der Waals surface area (Å²) in [4.78, 5) is 6.00. The molecule has 0 aliphatic heterocycles. The highest BCUT2D eigenvalue weighted by Crippen LogP contribution is 2.28. The molecule has 0 bridgehead atoms. The van der Waals surface area contributed by atoms with Crippen LogP contribution < -0.4 is 5.43 Å². The van der Waals surface area contributed by atoms with E-state index in [9.17, 15) is 0 Å². The molecule has 0 saturated carbocycles. The Labute approximate surface area is 125 Å². The van der Waals surface area contributed by atoms with Crippen molar-refractivity contribution in [3.8, 4) is 0 Å². The highest BCUT2D eigenvalue weighted by atomic mass is 32.1. The van der Waals surface area contributed by atoms with Gasteiger partial charge in [-0.3, -0.25) is 5.43 Å². The van der Waals surface area contributed by atoms with E-state index in [1.54, 1.807) is 11.3 Å². The molecule has 4 rings (SSSR count). The Morgan fingerprint density at radius 2 is 2.10 bits per heavy atom. The summed E-state index contributed by atoms with van der Waals surface area (Å²) in [6.07, 6.45) is 3.42. The molecule has 0 fully saturated rings. The molecule has 0 saturated heterocycles. The van der Waals surface area contributed by atoms with Gasteiger partial charge >= 0.3 is 0 Å². The lowest BCUT2D eigenvalue weighted by molar-refractivity contribution is 0.852. The van der Waals surface area contributed by atoms with E-state index in [4.69, 9.17) is 0 Å². The second-order valence-corrected chi connectivity index (χ2v) is 6.80. The zero-order chi connectivity index (χ0) is 13.4. The number of aryl methyl sites for hydroxylation is 1. The molecule has 1 aromatic carbocycles. The smallest absolute Gasteiger partial charge is 0.204 e. The Balaban J connectivity index is 1.63. The number of thiazole rings is 1. The highest BCUT2D eigenvalue weighted by molar-refractivity contribution is 7.22. The largest absolute Gasteiger partial charge is 0.252 e. The number of anilines is 1. The van der Waals surface area contributed by atoms with E-state index in [-0.39, 0.29) is 0 Å². The van der Waals surface area contributed by atoms with Crippen LogP contribution in [0.5, 0.6) is 0 Å². The topological polar surface area (TPSA) is 37.3 Å². The molecule has 2 aromatic heterocycles. The minimum absolute atomic E-state index is 0.862. The number of hydrogen-bond donors (Lipinski definition) is 1. The fourth-order valence-corrected chi connectivity index (χ4v) is 4.25. The molecule has 3 nitrogen and oxygen atoms in total. The van der Waals surface area contributed by atoms with Gasteiger partial charge in [0.1, 0.15) is 0 Å². The maximum atomic E-state index is 4.58. The van der Waals surface area contributed by atoms with E-state index in [2.05, 4.69) is 33.0 Å². The van der Waals surface area contributed by atoms with Crippen LogP contribution in [0, 0.1) is 0 Å². The van der Waals surface area contributed by atoms with Gasteiger partial charge in [-0.05, 0) is 42.8 Å². The quantitative estimate of drug-likeness (QED) is 0.707. The van der Waals surface area contributed by atoms with E-state index >= 15 is 0 Å². The van der Waals surface area contributed by atoms with Crippen LogP contribution in [0.3, 0.4) is 0 Å². The highest BCUT2D eigenvalue weighted by Gasteiger charge is 2.16. The first kappa shape index (κ1) is 12.1. The fourth-order valence-electron chi connectivity index (χ4n) is 2.49. The van der Waals surface area contributed by atoms with Gasteiger partial charge in [-0.2, -0.15) is 5.10 Å². The van der Waals surface area contributed by atoms with E-state index in [0.29, 0.717) is 0 Å². The average molecular weight is 299 g/mol. The first-order chi connectivity index (χ1) is 9.90. The molecular formula is C15H13N3S2.